The molecule has 4 aliphatic rings. The van der Waals surface area contributed by atoms with Gasteiger partial charge in [-0.1, -0.05) is 29.3 Å². The molecule has 5 unspecified atom stereocenters. The molecule has 0 aliphatic carbocycles. The molecule has 2 aromatic carbocycles. The lowest BCUT2D eigenvalue weighted by molar-refractivity contribution is -0.127. The first kappa shape index (κ1) is 20.3. The highest BCUT2D eigenvalue weighted by atomic mass is 35.5. The van der Waals surface area contributed by atoms with Crippen LogP contribution in [0.15, 0.2) is 36.4 Å². The number of aliphatic hydroxyl groups is 1. The first-order valence-electron chi connectivity index (χ1n) is 10.6. The van der Waals surface area contributed by atoms with E-state index in [-0.39, 0.29) is 17.9 Å². The SMILES string of the molecule is COc1ccc2c(c1)NC(O)C21C2C(=O)N(c3cc(Cl)cc(Cl)c3)C(=O)C2C2CCCN21. The van der Waals surface area contributed by atoms with Gasteiger partial charge in [0, 0.05) is 33.4 Å². The Balaban J connectivity index is 1.53. The van der Waals surface area contributed by atoms with Crippen molar-refractivity contribution >= 4 is 46.4 Å². The fourth-order valence-corrected chi connectivity index (χ4v) is 6.96. The zero-order chi connectivity index (χ0) is 22.4. The van der Waals surface area contributed by atoms with Gasteiger partial charge in [0.1, 0.15) is 17.5 Å². The van der Waals surface area contributed by atoms with Crippen molar-refractivity contribution in [2.45, 2.75) is 30.7 Å². The quantitative estimate of drug-likeness (QED) is 0.651. The minimum atomic E-state index is -1.04. The van der Waals surface area contributed by atoms with E-state index in [1.54, 1.807) is 25.3 Å². The Labute approximate surface area is 194 Å². The molecule has 2 aromatic rings. The van der Waals surface area contributed by atoms with Crippen LogP contribution in [0.3, 0.4) is 0 Å². The number of imide groups is 1. The van der Waals surface area contributed by atoms with E-state index in [1.165, 1.54) is 4.90 Å². The molecule has 1 spiro atoms. The summed E-state index contributed by atoms with van der Waals surface area (Å²) in [4.78, 5) is 31.0. The van der Waals surface area contributed by atoms with E-state index >= 15 is 0 Å². The molecule has 4 aliphatic heterocycles. The van der Waals surface area contributed by atoms with Crippen LogP contribution in [0.1, 0.15) is 18.4 Å². The lowest BCUT2D eigenvalue weighted by Gasteiger charge is -2.41. The summed E-state index contributed by atoms with van der Waals surface area (Å²) < 4.78 is 5.34. The molecule has 2 N–H and O–H groups in total. The number of methoxy groups -OCH3 is 1. The number of benzene rings is 2. The highest BCUT2D eigenvalue weighted by Crippen LogP contribution is 2.62. The number of hydrogen-bond acceptors (Lipinski definition) is 6. The minimum absolute atomic E-state index is 0.124. The van der Waals surface area contributed by atoms with E-state index in [9.17, 15) is 14.7 Å². The number of anilines is 2. The number of amides is 2. The summed E-state index contributed by atoms with van der Waals surface area (Å²) in [5.41, 5.74) is 0.865. The van der Waals surface area contributed by atoms with Crippen molar-refractivity contribution in [1.82, 2.24) is 4.90 Å². The van der Waals surface area contributed by atoms with Gasteiger partial charge in [-0.25, -0.2) is 4.90 Å². The molecule has 0 bridgehead atoms. The van der Waals surface area contributed by atoms with Crippen molar-refractivity contribution in [2.75, 3.05) is 23.9 Å². The van der Waals surface area contributed by atoms with Crippen LogP contribution in [-0.4, -0.2) is 47.7 Å². The Bertz CT molecular complexity index is 1150. The molecule has 32 heavy (non-hydrogen) atoms. The van der Waals surface area contributed by atoms with Gasteiger partial charge in [-0.05, 0) is 43.7 Å². The molecule has 3 saturated heterocycles. The third-order valence-corrected chi connectivity index (χ3v) is 7.92. The van der Waals surface area contributed by atoms with Crippen molar-refractivity contribution < 1.29 is 19.4 Å². The Morgan fingerprint density at radius 3 is 2.59 bits per heavy atom. The van der Waals surface area contributed by atoms with Gasteiger partial charge in [-0.2, -0.15) is 0 Å². The molecule has 9 heteroatoms. The van der Waals surface area contributed by atoms with Crippen LogP contribution in [0, 0.1) is 11.8 Å². The topological polar surface area (TPSA) is 82.1 Å². The van der Waals surface area contributed by atoms with Crippen LogP contribution in [-0.2, 0) is 15.1 Å². The summed E-state index contributed by atoms with van der Waals surface area (Å²) in [5.74, 6) is -1.22. The largest absolute Gasteiger partial charge is 0.497 e. The van der Waals surface area contributed by atoms with E-state index in [1.807, 2.05) is 18.2 Å². The van der Waals surface area contributed by atoms with Gasteiger partial charge in [-0.3, -0.25) is 14.5 Å². The summed E-state index contributed by atoms with van der Waals surface area (Å²) >= 11 is 12.3. The van der Waals surface area contributed by atoms with Gasteiger partial charge in [0.25, 0.3) is 0 Å². The van der Waals surface area contributed by atoms with E-state index < -0.39 is 23.6 Å². The van der Waals surface area contributed by atoms with Crippen LogP contribution in [0.5, 0.6) is 5.75 Å². The Morgan fingerprint density at radius 2 is 1.88 bits per heavy atom. The summed E-state index contributed by atoms with van der Waals surface area (Å²) in [5, 5.41) is 15.2. The summed E-state index contributed by atoms with van der Waals surface area (Å²) in [6, 6.07) is 10.1. The maximum atomic E-state index is 13.9. The van der Waals surface area contributed by atoms with Gasteiger partial charge in [0.15, 0.2) is 0 Å². The lowest BCUT2D eigenvalue weighted by atomic mass is 9.75. The molecule has 2 amide bonds. The molecule has 6 rings (SSSR count). The molecule has 7 nitrogen and oxygen atoms in total. The number of carbonyl (C=O) groups excluding carboxylic acids is 2. The normalized spacial score (nSPS) is 32.9. The van der Waals surface area contributed by atoms with Crippen LogP contribution in [0.25, 0.3) is 0 Å². The van der Waals surface area contributed by atoms with Gasteiger partial charge in [0.05, 0.1) is 24.6 Å². The first-order valence-corrected chi connectivity index (χ1v) is 11.4. The second-order valence-corrected chi connectivity index (χ2v) is 9.70. The predicted molar refractivity (Wildman–Crippen MR) is 120 cm³/mol. The molecule has 0 aromatic heterocycles. The molecule has 4 heterocycles. The Kier molecular flexibility index (Phi) is 4.34. The van der Waals surface area contributed by atoms with Crippen LogP contribution < -0.4 is 15.0 Å². The highest BCUT2D eigenvalue weighted by molar-refractivity contribution is 6.35. The summed E-state index contributed by atoms with van der Waals surface area (Å²) in [7, 11) is 1.58. The summed E-state index contributed by atoms with van der Waals surface area (Å²) in [6.45, 7) is 0.714. The molecule has 0 saturated carbocycles. The first-order chi connectivity index (χ1) is 15.4. The number of ether oxygens (including phenoxy) is 1. The second kappa shape index (κ2) is 6.84. The number of aliphatic hydroxyl groups excluding tert-OH is 1. The van der Waals surface area contributed by atoms with E-state index in [2.05, 4.69) is 10.2 Å². The number of carbonyl (C=O) groups is 2. The maximum Gasteiger partial charge on any atom is 0.240 e. The van der Waals surface area contributed by atoms with Gasteiger partial charge >= 0.3 is 0 Å². The number of halogens is 2. The number of nitrogens with one attached hydrogen (secondary N) is 1. The highest BCUT2D eigenvalue weighted by Gasteiger charge is 2.74. The number of hydrogen-bond donors (Lipinski definition) is 2. The third-order valence-electron chi connectivity index (χ3n) is 7.49. The molecule has 166 valence electrons. The standard InChI is InChI=1S/C23H21Cl2N3O4/c1-32-14-4-5-15-16(10-14)26-22(31)23(15)19-18(17-3-2-6-27(17)23)20(29)28(21(19)30)13-8-11(24)7-12(25)9-13/h4-5,7-10,17-19,22,26,31H,2-3,6H2,1H3. The van der Waals surface area contributed by atoms with E-state index in [0.717, 1.165) is 18.4 Å². The fraction of sp³-hybridized carbons (Fsp3) is 0.391. The average Bonchev–Trinajstić information content (AvgIpc) is 3.44. The third kappa shape index (κ3) is 2.40. The molecule has 5 atom stereocenters. The van der Waals surface area contributed by atoms with Gasteiger partial charge in [0.2, 0.25) is 11.8 Å². The van der Waals surface area contributed by atoms with Crippen molar-refractivity contribution in [2.24, 2.45) is 11.8 Å². The maximum absolute atomic E-state index is 13.9. The van der Waals surface area contributed by atoms with Crippen molar-refractivity contribution in [3.05, 3.63) is 52.0 Å². The van der Waals surface area contributed by atoms with Crippen LogP contribution in [0.4, 0.5) is 11.4 Å². The van der Waals surface area contributed by atoms with Crippen LogP contribution >= 0.6 is 23.2 Å². The van der Waals surface area contributed by atoms with Gasteiger partial charge in [-0.15, -0.1) is 0 Å². The average molecular weight is 474 g/mol. The van der Waals surface area contributed by atoms with Gasteiger partial charge < -0.3 is 15.2 Å². The smallest absolute Gasteiger partial charge is 0.240 e. The van der Waals surface area contributed by atoms with Crippen molar-refractivity contribution in [1.29, 1.82) is 0 Å². The van der Waals surface area contributed by atoms with Crippen LogP contribution in [0.2, 0.25) is 10.0 Å². The Hall–Kier alpha value is -2.32. The predicted octanol–water partition coefficient (Wildman–Crippen LogP) is 3.23. The van der Waals surface area contributed by atoms with Crippen molar-refractivity contribution in [3.63, 3.8) is 0 Å². The summed E-state index contributed by atoms with van der Waals surface area (Å²) in [6.07, 6.45) is 0.655. The zero-order valence-electron chi connectivity index (χ0n) is 17.2. The fourth-order valence-electron chi connectivity index (χ4n) is 6.44. The number of rotatable bonds is 2. The number of nitrogens with zero attached hydrogens (tertiary/aromatic N) is 2. The monoisotopic (exact) mass is 473 g/mol. The minimum Gasteiger partial charge on any atom is -0.497 e. The second-order valence-electron chi connectivity index (χ2n) is 8.83. The lowest BCUT2D eigenvalue weighted by Crippen LogP contribution is -2.56. The Morgan fingerprint density at radius 1 is 1.12 bits per heavy atom. The number of fused-ring (bicyclic) bond motifs is 7. The molecular formula is C23H21Cl2N3O4. The van der Waals surface area contributed by atoms with E-state index in [4.69, 9.17) is 27.9 Å². The van der Waals surface area contributed by atoms with Crippen molar-refractivity contribution in [3.8, 4) is 5.75 Å². The molecular weight excluding hydrogens is 453 g/mol. The molecule has 3 fully saturated rings. The molecule has 0 radical (unpaired) electrons. The van der Waals surface area contributed by atoms with E-state index in [0.29, 0.717) is 33.7 Å². The zero-order valence-corrected chi connectivity index (χ0v) is 18.7.